The van der Waals surface area contributed by atoms with Crippen molar-refractivity contribution in [1.82, 2.24) is 20.0 Å². The number of hydrogen-bond acceptors (Lipinski definition) is 3. The predicted octanol–water partition coefficient (Wildman–Crippen LogP) is 1.31. The Balaban J connectivity index is 2.68. The van der Waals surface area contributed by atoms with E-state index in [1.54, 1.807) is 31.9 Å². The molecule has 7 heteroatoms. The normalized spacial score (nSPS) is 12.4. The first-order valence-electron chi connectivity index (χ1n) is 5.74. The zero-order chi connectivity index (χ0) is 13.8. The van der Waals surface area contributed by atoms with Crippen molar-refractivity contribution in [3.05, 3.63) is 17.5 Å². The Bertz CT molecular complexity index is 373. The maximum absolute atomic E-state index is 12.5. The second-order valence-electron chi connectivity index (χ2n) is 4.34. The van der Waals surface area contributed by atoms with Crippen LogP contribution < -0.4 is 5.32 Å². The van der Waals surface area contributed by atoms with Crippen molar-refractivity contribution < 1.29 is 13.2 Å². The van der Waals surface area contributed by atoms with Crippen LogP contribution in [0.3, 0.4) is 0 Å². The summed E-state index contributed by atoms with van der Waals surface area (Å²) in [6.45, 7) is 2.04. The largest absolute Gasteiger partial charge is 0.401 e. The summed E-state index contributed by atoms with van der Waals surface area (Å²) in [7, 11) is 3.49. The van der Waals surface area contributed by atoms with E-state index in [2.05, 4.69) is 10.4 Å². The Hall–Kier alpha value is -1.08. The van der Waals surface area contributed by atoms with Gasteiger partial charge in [0.1, 0.15) is 0 Å². The van der Waals surface area contributed by atoms with Gasteiger partial charge in [-0.3, -0.25) is 9.58 Å². The van der Waals surface area contributed by atoms with Gasteiger partial charge in [-0.2, -0.15) is 18.3 Å². The molecular weight excluding hydrogens is 245 g/mol. The maximum atomic E-state index is 12.5. The summed E-state index contributed by atoms with van der Waals surface area (Å²) in [4.78, 5) is 1.38. The van der Waals surface area contributed by atoms with Crippen LogP contribution in [0.15, 0.2) is 6.20 Å². The van der Waals surface area contributed by atoms with Gasteiger partial charge in [-0.15, -0.1) is 0 Å². The van der Waals surface area contributed by atoms with E-state index in [4.69, 9.17) is 0 Å². The Labute approximate surface area is 105 Å². The van der Waals surface area contributed by atoms with Gasteiger partial charge in [0.15, 0.2) is 0 Å². The number of likely N-dealkylation sites (N-methyl/N-ethyl adjacent to an activating group) is 1. The van der Waals surface area contributed by atoms with Crippen LogP contribution in [-0.4, -0.2) is 47.5 Å². The van der Waals surface area contributed by atoms with E-state index in [1.807, 2.05) is 0 Å². The van der Waals surface area contributed by atoms with Gasteiger partial charge in [0.05, 0.1) is 12.2 Å². The number of halogens is 3. The number of aromatic nitrogens is 2. The van der Waals surface area contributed by atoms with E-state index < -0.39 is 12.7 Å². The van der Waals surface area contributed by atoms with Crippen molar-refractivity contribution in [3.8, 4) is 0 Å². The Morgan fingerprint density at radius 3 is 2.56 bits per heavy atom. The molecule has 1 N–H and O–H groups in total. The van der Waals surface area contributed by atoms with E-state index >= 15 is 0 Å². The third kappa shape index (κ3) is 5.05. The van der Waals surface area contributed by atoms with Crippen LogP contribution in [0.25, 0.3) is 0 Å². The molecule has 0 aliphatic carbocycles. The minimum absolute atomic E-state index is 0.265. The lowest BCUT2D eigenvalue weighted by atomic mass is 10.2. The lowest BCUT2D eigenvalue weighted by molar-refractivity contribution is -0.146. The van der Waals surface area contributed by atoms with E-state index in [0.29, 0.717) is 13.1 Å². The van der Waals surface area contributed by atoms with Crippen LogP contribution in [-0.2, 0) is 13.6 Å². The second kappa shape index (κ2) is 6.19. The molecule has 1 heterocycles. The molecule has 0 fully saturated rings. The molecule has 0 saturated heterocycles. The molecule has 0 radical (unpaired) electrons. The standard InChI is InChI=1S/C11H19F3N4/c1-9-10(6-17(3)16-9)7-18(5-4-15-2)8-11(12,13)14/h6,15H,4-5,7-8H2,1-3H3. The highest BCUT2D eigenvalue weighted by Gasteiger charge is 2.30. The molecule has 1 aromatic heterocycles. The smallest absolute Gasteiger partial charge is 0.318 e. The van der Waals surface area contributed by atoms with Gasteiger partial charge < -0.3 is 5.32 Å². The Morgan fingerprint density at radius 2 is 2.11 bits per heavy atom. The molecule has 0 saturated carbocycles. The molecule has 0 aliphatic rings. The van der Waals surface area contributed by atoms with Gasteiger partial charge in [-0.1, -0.05) is 0 Å². The molecule has 0 unspecified atom stereocenters. The number of aryl methyl sites for hydroxylation is 2. The van der Waals surface area contributed by atoms with Crippen LogP contribution in [0.2, 0.25) is 0 Å². The van der Waals surface area contributed by atoms with Gasteiger partial charge in [-0.05, 0) is 14.0 Å². The first kappa shape index (κ1) is 15.0. The minimum atomic E-state index is -4.18. The van der Waals surface area contributed by atoms with Crippen LogP contribution in [0.5, 0.6) is 0 Å². The van der Waals surface area contributed by atoms with Gasteiger partial charge in [-0.25, -0.2) is 0 Å². The number of nitrogens with one attached hydrogen (secondary N) is 1. The van der Waals surface area contributed by atoms with Crippen molar-refractivity contribution in [1.29, 1.82) is 0 Å². The lowest BCUT2D eigenvalue weighted by Crippen LogP contribution is -2.37. The fourth-order valence-corrected chi connectivity index (χ4v) is 1.78. The average Bonchev–Trinajstić information content (AvgIpc) is 2.52. The molecular formula is C11H19F3N4. The number of rotatable bonds is 6. The first-order valence-corrected chi connectivity index (χ1v) is 5.74. The molecule has 104 valence electrons. The summed E-state index contributed by atoms with van der Waals surface area (Å²) < 4.78 is 39.0. The van der Waals surface area contributed by atoms with Crippen LogP contribution in [0.1, 0.15) is 11.3 Å². The minimum Gasteiger partial charge on any atom is -0.318 e. The Morgan fingerprint density at radius 1 is 1.44 bits per heavy atom. The molecule has 1 aromatic rings. The number of alkyl halides is 3. The predicted molar refractivity (Wildman–Crippen MR) is 63.2 cm³/mol. The summed E-state index contributed by atoms with van der Waals surface area (Å²) in [6, 6.07) is 0. The topological polar surface area (TPSA) is 33.1 Å². The van der Waals surface area contributed by atoms with Gasteiger partial charge in [0, 0.05) is 38.4 Å². The van der Waals surface area contributed by atoms with Crippen molar-refractivity contribution >= 4 is 0 Å². The average molecular weight is 264 g/mol. The summed E-state index contributed by atoms with van der Waals surface area (Å²) in [5.74, 6) is 0. The molecule has 0 spiro atoms. The summed E-state index contributed by atoms with van der Waals surface area (Å²) in [5, 5.41) is 6.99. The summed E-state index contributed by atoms with van der Waals surface area (Å²) in [6.07, 6.45) is -2.41. The molecule has 0 aliphatic heterocycles. The van der Waals surface area contributed by atoms with Crippen molar-refractivity contribution in [2.45, 2.75) is 19.6 Å². The third-order valence-electron chi connectivity index (χ3n) is 2.59. The van der Waals surface area contributed by atoms with Crippen LogP contribution in [0, 0.1) is 6.92 Å². The first-order chi connectivity index (χ1) is 8.31. The highest BCUT2D eigenvalue weighted by Crippen LogP contribution is 2.18. The van der Waals surface area contributed by atoms with Crippen molar-refractivity contribution in [2.75, 3.05) is 26.7 Å². The number of nitrogens with zero attached hydrogens (tertiary/aromatic N) is 3. The SMILES string of the molecule is CNCCN(Cc1cn(C)nc1C)CC(F)(F)F. The quantitative estimate of drug-likeness (QED) is 0.841. The molecule has 0 amide bonds. The van der Waals surface area contributed by atoms with E-state index in [9.17, 15) is 13.2 Å². The van der Waals surface area contributed by atoms with E-state index in [-0.39, 0.29) is 6.54 Å². The zero-order valence-corrected chi connectivity index (χ0v) is 10.9. The molecule has 0 bridgehead atoms. The third-order valence-corrected chi connectivity index (χ3v) is 2.59. The second-order valence-corrected chi connectivity index (χ2v) is 4.34. The monoisotopic (exact) mass is 264 g/mol. The number of hydrogen-bond donors (Lipinski definition) is 1. The van der Waals surface area contributed by atoms with Gasteiger partial charge in [0.25, 0.3) is 0 Å². The summed E-state index contributed by atoms with van der Waals surface area (Å²) >= 11 is 0. The van der Waals surface area contributed by atoms with Crippen molar-refractivity contribution in [3.63, 3.8) is 0 Å². The molecule has 0 atom stereocenters. The van der Waals surface area contributed by atoms with Crippen molar-refractivity contribution in [2.24, 2.45) is 7.05 Å². The lowest BCUT2D eigenvalue weighted by Gasteiger charge is -2.23. The highest BCUT2D eigenvalue weighted by molar-refractivity contribution is 5.15. The van der Waals surface area contributed by atoms with Crippen LogP contribution >= 0.6 is 0 Å². The van der Waals surface area contributed by atoms with Crippen LogP contribution in [0.4, 0.5) is 13.2 Å². The van der Waals surface area contributed by atoms with E-state index in [0.717, 1.165) is 11.3 Å². The fraction of sp³-hybridized carbons (Fsp3) is 0.727. The fourth-order valence-electron chi connectivity index (χ4n) is 1.78. The highest BCUT2D eigenvalue weighted by atomic mass is 19.4. The molecule has 0 aromatic carbocycles. The summed E-state index contributed by atoms with van der Waals surface area (Å²) in [5.41, 5.74) is 1.60. The molecule has 4 nitrogen and oxygen atoms in total. The zero-order valence-electron chi connectivity index (χ0n) is 10.9. The van der Waals surface area contributed by atoms with Gasteiger partial charge in [0.2, 0.25) is 0 Å². The maximum Gasteiger partial charge on any atom is 0.401 e. The molecule has 18 heavy (non-hydrogen) atoms. The van der Waals surface area contributed by atoms with Gasteiger partial charge >= 0.3 is 6.18 Å². The Kier molecular flexibility index (Phi) is 5.15. The molecule has 1 rings (SSSR count). The van der Waals surface area contributed by atoms with E-state index in [1.165, 1.54) is 4.90 Å².